The summed E-state index contributed by atoms with van der Waals surface area (Å²) in [6.45, 7) is 4.94. The van der Waals surface area contributed by atoms with Gasteiger partial charge in [0.1, 0.15) is 0 Å². The van der Waals surface area contributed by atoms with E-state index in [0.717, 1.165) is 19.1 Å². The summed E-state index contributed by atoms with van der Waals surface area (Å²) in [6, 6.07) is 0.718. The maximum atomic E-state index is 11.7. The molecule has 1 aliphatic carbocycles. The molecule has 0 radical (unpaired) electrons. The molecule has 4 nitrogen and oxygen atoms in total. The molecule has 0 spiro atoms. The molecule has 17 heavy (non-hydrogen) atoms. The molecule has 0 N–H and O–H groups in total. The van der Waals surface area contributed by atoms with E-state index in [4.69, 9.17) is 0 Å². The average molecular weight is 260 g/mol. The Morgan fingerprint density at radius 2 is 1.59 bits per heavy atom. The monoisotopic (exact) mass is 260 g/mol. The maximum absolute atomic E-state index is 11.7. The Morgan fingerprint density at radius 1 is 1.00 bits per heavy atom. The first-order chi connectivity index (χ1) is 8.13. The second kappa shape index (κ2) is 5.67. The molecule has 0 amide bonds. The van der Waals surface area contributed by atoms with Crippen LogP contribution in [0.25, 0.3) is 0 Å². The summed E-state index contributed by atoms with van der Waals surface area (Å²) in [5.74, 6) is 0.233. The third-order valence-electron chi connectivity index (χ3n) is 4.12. The highest BCUT2D eigenvalue weighted by Gasteiger charge is 2.29. The highest BCUT2D eigenvalue weighted by molar-refractivity contribution is 7.89. The summed E-state index contributed by atoms with van der Waals surface area (Å²) in [7, 11) is -2.97. The largest absolute Gasteiger partial charge is 0.298 e. The van der Waals surface area contributed by atoms with E-state index in [-0.39, 0.29) is 5.75 Å². The van der Waals surface area contributed by atoms with Crippen molar-refractivity contribution in [2.45, 2.75) is 45.1 Å². The molecule has 0 atom stereocenters. The van der Waals surface area contributed by atoms with E-state index in [9.17, 15) is 8.42 Å². The van der Waals surface area contributed by atoms with E-state index < -0.39 is 10.0 Å². The van der Waals surface area contributed by atoms with Crippen molar-refractivity contribution >= 4 is 10.0 Å². The maximum Gasteiger partial charge on any atom is 0.213 e. The van der Waals surface area contributed by atoms with Crippen molar-refractivity contribution in [2.24, 2.45) is 0 Å². The lowest BCUT2D eigenvalue weighted by Gasteiger charge is -2.40. The van der Waals surface area contributed by atoms with Crippen LogP contribution in [0.4, 0.5) is 0 Å². The van der Waals surface area contributed by atoms with Gasteiger partial charge in [0.15, 0.2) is 0 Å². The molecule has 0 aromatic heterocycles. The highest BCUT2D eigenvalue weighted by atomic mass is 32.2. The number of nitrogens with zero attached hydrogens (tertiary/aromatic N) is 2. The van der Waals surface area contributed by atoms with Gasteiger partial charge in [-0.05, 0) is 19.8 Å². The fourth-order valence-corrected chi connectivity index (χ4v) is 4.06. The van der Waals surface area contributed by atoms with Crippen LogP contribution in [0, 0.1) is 0 Å². The fraction of sp³-hybridized carbons (Fsp3) is 1.00. The molecule has 0 unspecified atom stereocenters. The van der Waals surface area contributed by atoms with Gasteiger partial charge in [0, 0.05) is 32.2 Å². The van der Waals surface area contributed by atoms with Gasteiger partial charge in [-0.15, -0.1) is 0 Å². The third-order valence-corrected chi connectivity index (χ3v) is 6.00. The summed E-state index contributed by atoms with van der Waals surface area (Å²) in [6.07, 6.45) is 6.68. The summed E-state index contributed by atoms with van der Waals surface area (Å²) >= 11 is 0. The Kier molecular flexibility index (Phi) is 4.44. The van der Waals surface area contributed by atoms with Crippen LogP contribution in [0.5, 0.6) is 0 Å². The van der Waals surface area contributed by atoms with Gasteiger partial charge in [0.2, 0.25) is 10.0 Å². The second-order valence-corrected chi connectivity index (χ2v) is 7.38. The van der Waals surface area contributed by atoms with Gasteiger partial charge in [-0.1, -0.05) is 19.3 Å². The molecule has 1 saturated carbocycles. The molecule has 0 bridgehead atoms. The van der Waals surface area contributed by atoms with Crippen LogP contribution in [0.2, 0.25) is 0 Å². The predicted molar refractivity (Wildman–Crippen MR) is 69.5 cm³/mol. The van der Waals surface area contributed by atoms with Gasteiger partial charge >= 0.3 is 0 Å². The first-order valence-electron chi connectivity index (χ1n) is 6.85. The van der Waals surface area contributed by atoms with Gasteiger partial charge in [-0.3, -0.25) is 4.90 Å². The minimum atomic E-state index is -2.97. The van der Waals surface area contributed by atoms with E-state index in [1.165, 1.54) is 32.1 Å². The molecule has 1 heterocycles. The number of piperazine rings is 1. The summed E-state index contributed by atoms with van der Waals surface area (Å²) in [5, 5.41) is 0. The minimum Gasteiger partial charge on any atom is -0.298 e. The molecule has 2 rings (SSSR count). The summed E-state index contributed by atoms with van der Waals surface area (Å²) in [4.78, 5) is 2.50. The zero-order valence-electron chi connectivity index (χ0n) is 10.8. The smallest absolute Gasteiger partial charge is 0.213 e. The number of hydrogen-bond donors (Lipinski definition) is 0. The molecule has 5 heteroatoms. The van der Waals surface area contributed by atoms with Crippen LogP contribution >= 0.6 is 0 Å². The van der Waals surface area contributed by atoms with Gasteiger partial charge in [-0.25, -0.2) is 8.42 Å². The predicted octanol–water partition coefficient (Wildman–Crippen LogP) is 1.29. The number of hydrogen-bond acceptors (Lipinski definition) is 3. The third kappa shape index (κ3) is 3.20. The molecule has 100 valence electrons. The molecule has 2 fully saturated rings. The molecular formula is C12H24N2O2S. The molecule has 0 aromatic carbocycles. The zero-order valence-corrected chi connectivity index (χ0v) is 11.6. The number of rotatable bonds is 3. The van der Waals surface area contributed by atoms with E-state index in [0.29, 0.717) is 13.1 Å². The molecule has 1 saturated heterocycles. The van der Waals surface area contributed by atoms with Crippen molar-refractivity contribution in [1.82, 2.24) is 9.21 Å². The van der Waals surface area contributed by atoms with Gasteiger partial charge in [0.25, 0.3) is 0 Å². The van der Waals surface area contributed by atoms with Gasteiger partial charge in [-0.2, -0.15) is 4.31 Å². The normalized spacial score (nSPS) is 26.2. The van der Waals surface area contributed by atoms with Crippen LogP contribution in [-0.2, 0) is 10.0 Å². The van der Waals surface area contributed by atoms with E-state index in [1.54, 1.807) is 11.2 Å². The van der Waals surface area contributed by atoms with Crippen LogP contribution < -0.4 is 0 Å². The Balaban J connectivity index is 1.85. The summed E-state index contributed by atoms with van der Waals surface area (Å²) in [5.41, 5.74) is 0. The standard InChI is InChI=1S/C12H24N2O2S/c1-2-17(15,16)14-10-8-13(9-11-14)12-6-4-3-5-7-12/h12H,2-11H2,1H3. The quantitative estimate of drug-likeness (QED) is 0.767. The topological polar surface area (TPSA) is 40.6 Å². The Morgan fingerprint density at radius 3 is 2.12 bits per heavy atom. The fourth-order valence-electron chi connectivity index (χ4n) is 2.98. The molecular weight excluding hydrogens is 236 g/mol. The zero-order chi connectivity index (χ0) is 12.3. The van der Waals surface area contributed by atoms with Crippen molar-refractivity contribution in [2.75, 3.05) is 31.9 Å². The van der Waals surface area contributed by atoms with Crippen molar-refractivity contribution in [3.8, 4) is 0 Å². The summed E-state index contributed by atoms with van der Waals surface area (Å²) < 4.78 is 25.1. The first kappa shape index (κ1) is 13.3. The average Bonchev–Trinajstić information content (AvgIpc) is 2.40. The van der Waals surface area contributed by atoms with Crippen LogP contribution in [0.3, 0.4) is 0 Å². The lowest BCUT2D eigenvalue weighted by atomic mass is 9.94. The molecule has 1 aliphatic heterocycles. The highest BCUT2D eigenvalue weighted by Crippen LogP contribution is 2.23. The van der Waals surface area contributed by atoms with Crippen molar-refractivity contribution < 1.29 is 8.42 Å². The van der Waals surface area contributed by atoms with Gasteiger partial charge < -0.3 is 0 Å². The van der Waals surface area contributed by atoms with Gasteiger partial charge in [0.05, 0.1) is 5.75 Å². The SMILES string of the molecule is CCS(=O)(=O)N1CCN(C2CCCCC2)CC1. The Hall–Kier alpha value is -0.130. The van der Waals surface area contributed by atoms with E-state index in [1.807, 2.05) is 0 Å². The lowest BCUT2D eigenvalue weighted by Crippen LogP contribution is -2.52. The van der Waals surface area contributed by atoms with Crippen LogP contribution in [0.15, 0.2) is 0 Å². The Labute approximate surface area is 105 Å². The van der Waals surface area contributed by atoms with Crippen molar-refractivity contribution in [1.29, 1.82) is 0 Å². The van der Waals surface area contributed by atoms with Crippen molar-refractivity contribution in [3.05, 3.63) is 0 Å². The Bertz CT molecular complexity index is 328. The minimum absolute atomic E-state index is 0.233. The van der Waals surface area contributed by atoms with Crippen molar-refractivity contribution in [3.63, 3.8) is 0 Å². The van der Waals surface area contributed by atoms with Crippen LogP contribution in [-0.4, -0.2) is 55.6 Å². The lowest BCUT2D eigenvalue weighted by molar-refractivity contribution is 0.111. The second-order valence-electron chi connectivity index (χ2n) is 5.13. The number of sulfonamides is 1. The molecule has 2 aliphatic rings. The molecule has 0 aromatic rings. The van der Waals surface area contributed by atoms with E-state index in [2.05, 4.69) is 4.90 Å². The first-order valence-corrected chi connectivity index (χ1v) is 8.46. The van der Waals surface area contributed by atoms with Crippen LogP contribution in [0.1, 0.15) is 39.0 Å². The van der Waals surface area contributed by atoms with E-state index >= 15 is 0 Å².